The first-order valence-corrected chi connectivity index (χ1v) is 3.22. The Labute approximate surface area is 48.9 Å². The van der Waals surface area contributed by atoms with Crippen LogP contribution in [0.4, 0.5) is 0 Å². The first-order valence-electron chi connectivity index (χ1n) is 2.64. The highest BCUT2D eigenvalue weighted by molar-refractivity contribution is 7.18. The third-order valence-corrected chi connectivity index (χ3v) is 1.11. The predicted octanol–water partition coefficient (Wildman–Crippen LogP) is 2.25. The molecule has 1 atom stereocenters. The summed E-state index contributed by atoms with van der Waals surface area (Å²) in [4.78, 5) is 0. The summed E-state index contributed by atoms with van der Waals surface area (Å²) in [5, 5.41) is 0.405. The van der Waals surface area contributed by atoms with Crippen molar-refractivity contribution in [2.75, 3.05) is 0 Å². The second-order valence-electron chi connectivity index (χ2n) is 2.59. The lowest BCUT2D eigenvalue weighted by Gasteiger charge is -2.15. The van der Waals surface area contributed by atoms with E-state index in [2.05, 4.69) is 30.0 Å². The molecule has 1 heteroatoms. The zero-order chi connectivity index (χ0) is 5.91. The third-order valence-electron chi connectivity index (χ3n) is 0.821. The first kappa shape index (κ1) is 7.43. The molecule has 0 amide bonds. The maximum atomic E-state index is 3.76. The van der Waals surface area contributed by atoms with E-state index >= 15 is 0 Å². The first-order chi connectivity index (χ1) is 3.06. The van der Waals surface area contributed by atoms with E-state index < -0.39 is 0 Å². The second kappa shape index (κ2) is 2.67. The Kier molecular flexibility index (Phi) is 2.83. The van der Waals surface area contributed by atoms with Crippen molar-refractivity contribution in [1.82, 2.24) is 0 Å². The highest BCUT2D eigenvalue weighted by Crippen LogP contribution is 2.21. The molecule has 0 bridgehead atoms. The van der Waals surface area contributed by atoms with E-state index in [1.807, 2.05) is 0 Å². The lowest BCUT2D eigenvalue weighted by Crippen LogP contribution is -2.06. The summed E-state index contributed by atoms with van der Waals surface area (Å²) in [5.41, 5.74) is 0. The smallest absolute Gasteiger partial charge is 0.0207 e. The Morgan fingerprint density at radius 2 is 2.00 bits per heavy atom. The van der Waals surface area contributed by atoms with Gasteiger partial charge in [-0.2, -0.15) is 0 Å². The lowest BCUT2D eigenvalue weighted by molar-refractivity contribution is 0.647. The highest BCUT2D eigenvalue weighted by atomic mass is 31.0. The van der Waals surface area contributed by atoms with E-state index in [1.54, 1.807) is 0 Å². The molecule has 0 aliphatic rings. The largest absolute Gasteiger partial charge is 0.132 e. The van der Waals surface area contributed by atoms with Crippen molar-refractivity contribution >= 4 is 9.24 Å². The topological polar surface area (TPSA) is 0 Å². The van der Waals surface area contributed by atoms with Crippen LogP contribution in [-0.2, 0) is 0 Å². The molecule has 1 unspecified atom stereocenters. The van der Waals surface area contributed by atoms with Gasteiger partial charge in [0.15, 0.2) is 0 Å². The second-order valence-corrected chi connectivity index (χ2v) is 4.16. The van der Waals surface area contributed by atoms with Crippen LogP contribution in [0, 0.1) is 6.92 Å². The molecule has 0 aromatic carbocycles. The van der Waals surface area contributed by atoms with E-state index in [0.29, 0.717) is 5.16 Å². The van der Waals surface area contributed by atoms with Crippen LogP contribution in [0.1, 0.15) is 26.7 Å². The third kappa shape index (κ3) is 6.43. The van der Waals surface area contributed by atoms with E-state index in [9.17, 15) is 0 Å². The summed E-state index contributed by atoms with van der Waals surface area (Å²) < 4.78 is 0. The van der Waals surface area contributed by atoms with Gasteiger partial charge in [-0.05, 0) is 11.6 Å². The molecule has 0 heterocycles. The summed E-state index contributed by atoms with van der Waals surface area (Å²) >= 11 is 0. The Balaban J connectivity index is 3.15. The van der Waals surface area contributed by atoms with E-state index in [1.165, 1.54) is 6.42 Å². The molecule has 0 aliphatic carbocycles. The minimum atomic E-state index is 0.405. The van der Waals surface area contributed by atoms with Gasteiger partial charge < -0.3 is 0 Å². The molecular formula is C6H14P. The molecule has 0 saturated carbocycles. The predicted molar refractivity (Wildman–Crippen MR) is 38.4 cm³/mol. The molecule has 0 N–H and O–H groups in total. The van der Waals surface area contributed by atoms with E-state index in [4.69, 9.17) is 0 Å². The fourth-order valence-corrected chi connectivity index (χ4v) is 0.660. The Bertz CT molecular complexity index is 42.6. The molecule has 0 rings (SSSR count). The summed E-state index contributed by atoms with van der Waals surface area (Å²) in [6.45, 7) is 8.15. The molecular weight excluding hydrogens is 103 g/mol. The quantitative estimate of drug-likeness (QED) is 0.486. The number of rotatable bonds is 2. The van der Waals surface area contributed by atoms with Gasteiger partial charge in [-0.3, -0.25) is 0 Å². The molecule has 0 fully saturated rings. The zero-order valence-electron chi connectivity index (χ0n) is 5.20. The van der Waals surface area contributed by atoms with Crippen LogP contribution in [-0.4, -0.2) is 5.16 Å². The minimum absolute atomic E-state index is 0.405. The molecule has 7 heavy (non-hydrogen) atoms. The molecule has 0 aromatic rings. The Morgan fingerprint density at radius 3 is 2.00 bits per heavy atom. The summed E-state index contributed by atoms with van der Waals surface area (Å²) in [5.74, 6) is 0. The SMILES string of the molecule is [CH2]CCC(C)(C)P. The minimum Gasteiger partial charge on any atom is -0.132 e. The molecule has 1 radical (unpaired) electrons. The molecule has 0 spiro atoms. The highest BCUT2D eigenvalue weighted by Gasteiger charge is 2.06. The van der Waals surface area contributed by atoms with Gasteiger partial charge in [0.2, 0.25) is 0 Å². The Hall–Kier alpha value is 0.430. The van der Waals surface area contributed by atoms with Gasteiger partial charge in [0.25, 0.3) is 0 Å². The van der Waals surface area contributed by atoms with Gasteiger partial charge >= 0.3 is 0 Å². The summed E-state index contributed by atoms with van der Waals surface area (Å²) in [6.07, 6.45) is 2.23. The molecule has 0 nitrogen and oxygen atoms in total. The van der Waals surface area contributed by atoms with Crippen LogP contribution in [0.15, 0.2) is 0 Å². The van der Waals surface area contributed by atoms with Crippen molar-refractivity contribution in [2.45, 2.75) is 31.8 Å². The summed E-state index contributed by atoms with van der Waals surface area (Å²) in [6, 6.07) is 0. The fourth-order valence-electron chi connectivity index (χ4n) is 0.456. The van der Waals surface area contributed by atoms with Crippen LogP contribution >= 0.6 is 9.24 Å². The normalized spacial score (nSPS) is 12.0. The van der Waals surface area contributed by atoms with E-state index in [-0.39, 0.29) is 0 Å². The van der Waals surface area contributed by atoms with Crippen molar-refractivity contribution in [1.29, 1.82) is 0 Å². The van der Waals surface area contributed by atoms with Crippen LogP contribution in [0.25, 0.3) is 0 Å². The molecule has 0 aromatic heterocycles. The maximum Gasteiger partial charge on any atom is -0.0207 e. The average Bonchev–Trinajstić information content (AvgIpc) is 1.30. The monoisotopic (exact) mass is 117 g/mol. The van der Waals surface area contributed by atoms with Crippen LogP contribution in [0.3, 0.4) is 0 Å². The van der Waals surface area contributed by atoms with Gasteiger partial charge in [-0.1, -0.05) is 27.2 Å². The van der Waals surface area contributed by atoms with Crippen LogP contribution in [0.2, 0.25) is 0 Å². The van der Waals surface area contributed by atoms with Gasteiger partial charge in [0.1, 0.15) is 0 Å². The van der Waals surface area contributed by atoms with E-state index in [0.717, 1.165) is 6.42 Å². The Morgan fingerprint density at radius 1 is 1.57 bits per heavy atom. The standard InChI is InChI=1S/C6H14P/c1-4-5-6(2,3)7/h1,4-5,7H2,2-3H3. The summed E-state index contributed by atoms with van der Waals surface area (Å²) in [7, 11) is 2.80. The molecule has 0 aliphatic heterocycles. The van der Waals surface area contributed by atoms with Crippen molar-refractivity contribution in [3.05, 3.63) is 6.92 Å². The lowest BCUT2D eigenvalue weighted by atomic mass is 10.1. The van der Waals surface area contributed by atoms with Crippen molar-refractivity contribution in [2.24, 2.45) is 0 Å². The number of hydrogen-bond donors (Lipinski definition) is 0. The van der Waals surface area contributed by atoms with Crippen molar-refractivity contribution in [3.63, 3.8) is 0 Å². The fraction of sp³-hybridized carbons (Fsp3) is 0.833. The molecule has 0 saturated heterocycles. The van der Waals surface area contributed by atoms with Gasteiger partial charge in [-0.25, -0.2) is 0 Å². The van der Waals surface area contributed by atoms with Gasteiger partial charge in [-0.15, -0.1) is 9.24 Å². The molecule has 43 valence electrons. The van der Waals surface area contributed by atoms with Crippen LogP contribution in [0.5, 0.6) is 0 Å². The van der Waals surface area contributed by atoms with Crippen molar-refractivity contribution in [3.8, 4) is 0 Å². The van der Waals surface area contributed by atoms with Gasteiger partial charge in [0.05, 0.1) is 0 Å². The number of hydrogen-bond acceptors (Lipinski definition) is 0. The average molecular weight is 117 g/mol. The maximum absolute atomic E-state index is 3.76. The zero-order valence-corrected chi connectivity index (χ0v) is 6.35. The van der Waals surface area contributed by atoms with Gasteiger partial charge in [0, 0.05) is 0 Å². The van der Waals surface area contributed by atoms with Crippen molar-refractivity contribution < 1.29 is 0 Å². The van der Waals surface area contributed by atoms with Crippen LogP contribution < -0.4 is 0 Å².